The van der Waals surface area contributed by atoms with E-state index in [2.05, 4.69) is 0 Å². The molecule has 0 N–H and O–H groups in total. The molecule has 7 heteroatoms. The Balaban J connectivity index is 2.37. The SMILES string of the molecule is CCOC(=O)C1(C(=O)OCC)C[C@@H]1S(=O)(=O)c1ccccc1. The van der Waals surface area contributed by atoms with Crippen LogP contribution in [0.4, 0.5) is 0 Å². The van der Waals surface area contributed by atoms with Gasteiger partial charge in [0.2, 0.25) is 0 Å². The summed E-state index contributed by atoms with van der Waals surface area (Å²) in [5.41, 5.74) is -1.74. The number of carbonyl (C=O) groups is 2. The predicted molar refractivity (Wildman–Crippen MR) is 77.7 cm³/mol. The minimum atomic E-state index is -3.80. The Labute approximate surface area is 129 Å². The number of esters is 2. The van der Waals surface area contributed by atoms with Gasteiger partial charge in [-0.05, 0) is 32.4 Å². The molecule has 1 atom stereocenters. The molecule has 0 aromatic heterocycles. The molecule has 1 aromatic carbocycles. The highest BCUT2D eigenvalue weighted by molar-refractivity contribution is 7.92. The van der Waals surface area contributed by atoms with Gasteiger partial charge in [-0.25, -0.2) is 8.42 Å². The van der Waals surface area contributed by atoms with Gasteiger partial charge in [-0.15, -0.1) is 0 Å². The largest absolute Gasteiger partial charge is 0.465 e. The summed E-state index contributed by atoms with van der Waals surface area (Å²) in [6, 6.07) is 7.75. The standard InChI is InChI=1S/C15H18O6S/c1-3-20-13(16)15(14(17)21-4-2)10-12(15)22(18,19)11-8-6-5-7-9-11/h5-9,12H,3-4,10H2,1-2H3/t12-/m0/s1. The average Bonchev–Trinajstić information content (AvgIpc) is 3.26. The summed E-state index contributed by atoms with van der Waals surface area (Å²) in [6.07, 6.45) is -0.109. The van der Waals surface area contributed by atoms with Crippen molar-refractivity contribution in [3.63, 3.8) is 0 Å². The molecule has 0 aliphatic heterocycles. The van der Waals surface area contributed by atoms with Crippen LogP contribution >= 0.6 is 0 Å². The molecule has 1 aromatic rings. The van der Waals surface area contributed by atoms with E-state index in [0.29, 0.717) is 0 Å². The molecule has 0 heterocycles. The normalized spacial score (nSPS) is 19.3. The van der Waals surface area contributed by atoms with Gasteiger partial charge in [0.15, 0.2) is 15.3 Å². The zero-order valence-corrected chi connectivity index (χ0v) is 13.3. The smallest absolute Gasteiger partial charge is 0.324 e. The van der Waals surface area contributed by atoms with Crippen molar-refractivity contribution in [1.29, 1.82) is 0 Å². The molecule has 1 fully saturated rings. The summed E-state index contributed by atoms with van der Waals surface area (Å²) in [7, 11) is -3.80. The molecule has 0 radical (unpaired) electrons. The molecular weight excluding hydrogens is 308 g/mol. The minimum Gasteiger partial charge on any atom is -0.465 e. The van der Waals surface area contributed by atoms with Crippen LogP contribution in [0.3, 0.4) is 0 Å². The second-order valence-electron chi connectivity index (χ2n) is 4.96. The van der Waals surface area contributed by atoms with E-state index in [0.717, 1.165) is 0 Å². The average molecular weight is 326 g/mol. The fourth-order valence-electron chi connectivity index (χ4n) is 2.42. The van der Waals surface area contributed by atoms with Crippen LogP contribution in [0.15, 0.2) is 35.2 Å². The Morgan fingerprint density at radius 2 is 1.59 bits per heavy atom. The highest BCUT2D eigenvalue weighted by Gasteiger charge is 2.73. The number of sulfone groups is 1. The zero-order chi connectivity index (χ0) is 16.4. The van der Waals surface area contributed by atoms with Crippen molar-refractivity contribution in [2.24, 2.45) is 5.41 Å². The number of hydrogen-bond donors (Lipinski definition) is 0. The van der Waals surface area contributed by atoms with E-state index in [1.165, 1.54) is 12.1 Å². The van der Waals surface area contributed by atoms with Gasteiger partial charge in [0.25, 0.3) is 0 Å². The lowest BCUT2D eigenvalue weighted by molar-refractivity contribution is -0.163. The molecule has 6 nitrogen and oxygen atoms in total. The topological polar surface area (TPSA) is 86.7 Å². The van der Waals surface area contributed by atoms with E-state index in [4.69, 9.17) is 9.47 Å². The monoisotopic (exact) mass is 326 g/mol. The van der Waals surface area contributed by atoms with Crippen LogP contribution in [-0.2, 0) is 28.9 Å². The third-order valence-corrected chi connectivity index (χ3v) is 5.87. The van der Waals surface area contributed by atoms with E-state index in [9.17, 15) is 18.0 Å². The lowest BCUT2D eigenvalue weighted by Crippen LogP contribution is -2.35. The lowest BCUT2D eigenvalue weighted by atomic mass is 10.1. The van der Waals surface area contributed by atoms with Crippen molar-refractivity contribution in [1.82, 2.24) is 0 Å². The van der Waals surface area contributed by atoms with E-state index < -0.39 is 32.4 Å². The molecule has 1 saturated carbocycles. The maximum absolute atomic E-state index is 12.6. The minimum absolute atomic E-state index is 0.0676. The number of hydrogen-bond acceptors (Lipinski definition) is 6. The molecule has 120 valence electrons. The van der Waals surface area contributed by atoms with E-state index in [1.807, 2.05) is 0 Å². The molecule has 22 heavy (non-hydrogen) atoms. The summed E-state index contributed by atoms with van der Waals surface area (Å²) < 4.78 is 35.0. The number of carbonyl (C=O) groups excluding carboxylic acids is 2. The first kappa shape index (κ1) is 16.5. The van der Waals surface area contributed by atoms with Gasteiger partial charge in [0, 0.05) is 0 Å². The van der Waals surface area contributed by atoms with Gasteiger partial charge in [0.1, 0.15) is 0 Å². The third kappa shape index (κ3) is 2.61. The summed E-state index contributed by atoms with van der Waals surface area (Å²) in [5.74, 6) is -1.67. The molecular formula is C15H18O6S. The summed E-state index contributed by atoms with van der Waals surface area (Å²) in [6.45, 7) is 3.33. The predicted octanol–water partition coefficient (Wildman–Crippen LogP) is 1.35. The molecule has 0 amide bonds. The van der Waals surface area contributed by atoms with Crippen molar-refractivity contribution in [2.45, 2.75) is 30.4 Å². The fraction of sp³-hybridized carbons (Fsp3) is 0.467. The van der Waals surface area contributed by atoms with Crippen LogP contribution in [0.25, 0.3) is 0 Å². The van der Waals surface area contributed by atoms with Crippen LogP contribution in [0, 0.1) is 5.41 Å². The number of benzene rings is 1. The van der Waals surface area contributed by atoms with Gasteiger partial charge in [-0.3, -0.25) is 9.59 Å². The molecule has 1 aliphatic carbocycles. The van der Waals surface area contributed by atoms with Gasteiger partial charge in [-0.2, -0.15) is 0 Å². The highest BCUT2D eigenvalue weighted by Crippen LogP contribution is 2.54. The second-order valence-corrected chi connectivity index (χ2v) is 7.09. The van der Waals surface area contributed by atoms with E-state index in [1.54, 1.807) is 32.0 Å². The Morgan fingerprint density at radius 1 is 1.09 bits per heavy atom. The quantitative estimate of drug-likeness (QED) is 0.579. The Morgan fingerprint density at radius 3 is 2.05 bits per heavy atom. The third-order valence-electron chi connectivity index (χ3n) is 3.62. The van der Waals surface area contributed by atoms with E-state index >= 15 is 0 Å². The Kier molecular flexibility index (Phi) is 4.55. The van der Waals surface area contributed by atoms with Crippen LogP contribution in [-0.4, -0.2) is 38.8 Å². The molecule has 1 aliphatic rings. The van der Waals surface area contributed by atoms with Crippen LogP contribution in [0.5, 0.6) is 0 Å². The van der Waals surface area contributed by atoms with E-state index in [-0.39, 0.29) is 24.5 Å². The first-order valence-corrected chi connectivity index (χ1v) is 8.59. The summed E-state index contributed by atoms with van der Waals surface area (Å²) in [4.78, 5) is 24.4. The maximum atomic E-state index is 12.6. The summed E-state index contributed by atoms with van der Waals surface area (Å²) >= 11 is 0. The van der Waals surface area contributed by atoms with Gasteiger partial charge >= 0.3 is 11.9 Å². The van der Waals surface area contributed by atoms with Gasteiger partial charge in [0.05, 0.1) is 23.4 Å². The van der Waals surface area contributed by atoms with Crippen molar-refractivity contribution in [3.8, 4) is 0 Å². The number of rotatable bonds is 6. The van der Waals surface area contributed by atoms with Crippen LogP contribution < -0.4 is 0 Å². The summed E-state index contributed by atoms with van der Waals surface area (Å²) in [5, 5.41) is -1.14. The van der Waals surface area contributed by atoms with Crippen LogP contribution in [0.2, 0.25) is 0 Å². The lowest BCUT2D eigenvalue weighted by Gasteiger charge is -2.14. The van der Waals surface area contributed by atoms with Gasteiger partial charge < -0.3 is 9.47 Å². The Hall–Kier alpha value is -1.89. The van der Waals surface area contributed by atoms with Crippen molar-refractivity contribution in [3.05, 3.63) is 30.3 Å². The maximum Gasteiger partial charge on any atom is 0.324 e. The first-order chi connectivity index (χ1) is 10.4. The fourth-order valence-corrected chi connectivity index (χ4v) is 4.48. The molecule has 0 unspecified atom stereocenters. The second kappa shape index (κ2) is 6.08. The van der Waals surface area contributed by atoms with Crippen molar-refractivity contribution < 1.29 is 27.5 Å². The molecule has 0 bridgehead atoms. The zero-order valence-electron chi connectivity index (χ0n) is 12.4. The molecule has 2 rings (SSSR count). The van der Waals surface area contributed by atoms with Gasteiger partial charge in [-0.1, -0.05) is 18.2 Å². The number of ether oxygens (including phenoxy) is 2. The molecule has 0 saturated heterocycles. The van der Waals surface area contributed by atoms with Crippen molar-refractivity contribution >= 4 is 21.8 Å². The van der Waals surface area contributed by atoms with Crippen molar-refractivity contribution in [2.75, 3.05) is 13.2 Å². The van der Waals surface area contributed by atoms with Crippen LogP contribution in [0.1, 0.15) is 20.3 Å². The Bertz CT molecular complexity index is 647. The molecule has 0 spiro atoms. The first-order valence-electron chi connectivity index (χ1n) is 7.04. The highest BCUT2D eigenvalue weighted by atomic mass is 32.2.